The monoisotopic (exact) mass is 397 g/mol. The molecule has 7 heteroatoms. The van der Waals surface area contributed by atoms with Crippen molar-refractivity contribution in [2.24, 2.45) is 0 Å². The summed E-state index contributed by atoms with van der Waals surface area (Å²) in [4.78, 5) is 24.7. The third-order valence-corrected chi connectivity index (χ3v) is 4.72. The van der Waals surface area contributed by atoms with Crippen LogP contribution in [0.4, 0.5) is 5.69 Å². The molecule has 2 aromatic rings. The van der Waals surface area contributed by atoms with Gasteiger partial charge < -0.3 is 15.4 Å². The van der Waals surface area contributed by atoms with Crippen molar-refractivity contribution in [3.63, 3.8) is 0 Å². The van der Waals surface area contributed by atoms with Gasteiger partial charge in [0.05, 0.1) is 6.10 Å². The third-order valence-electron chi connectivity index (χ3n) is 4.51. The highest BCUT2D eigenvalue weighted by atomic mass is 32.1. The lowest BCUT2D eigenvalue weighted by Crippen LogP contribution is -2.34. The quantitative estimate of drug-likeness (QED) is 0.676. The Morgan fingerprint density at radius 3 is 2.71 bits per heavy atom. The molecule has 1 fully saturated rings. The van der Waals surface area contributed by atoms with E-state index < -0.39 is 0 Å². The van der Waals surface area contributed by atoms with E-state index in [9.17, 15) is 9.59 Å². The molecule has 1 unspecified atom stereocenters. The molecule has 3 N–H and O–H groups in total. The largest absolute Gasteiger partial charge is 0.376 e. The first-order chi connectivity index (χ1) is 13.5. The van der Waals surface area contributed by atoms with Gasteiger partial charge >= 0.3 is 0 Å². The number of hydrogen-bond donors (Lipinski definition) is 3. The summed E-state index contributed by atoms with van der Waals surface area (Å²) in [6, 6.07) is 14.2. The molecule has 0 saturated carbocycles. The fraction of sp³-hybridized carbons (Fsp3) is 0.286. The summed E-state index contributed by atoms with van der Waals surface area (Å²) < 4.78 is 5.51. The lowest BCUT2D eigenvalue weighted by Gasteiger charge is -2.13. The van der Waals surface area contributed by atoms with E-state index in [1.165, 1.54) is 0 Å². The Kier molecular flexibility index (Phi) is 6.73. The van der Waals surface area contributed by atoms with Crippen LogP contribution in [0, 0.1) is 6.92 Å². The number of thiocarbonyl (C=S) groups is 1. The molecule has 1 heterocycles. The molecule has 3 rings (SSSR count). The van der Waals surface area contributed by atoms with Crippen molar-refractivity contribution >= 4 is 34.8 Å². The molecule has 0 bridgehead atoms. The van der Waals surface area contributed by atoms with Gasteiger partial charge in [0.2, 0.25) is 0 Å². The number of anilines is 1. The van der Waals surface area contributed by atoms with Gasteiger partial charge in [-0.25, -0.2) is 0 Å². The van der Waals surface area contributed by atoms with Crippen LogP contribution in [-0.4, -0.2) is 36.2 Å². The van der Waals surface area contributed by atoms with Crippen LogP contribution >= 0.6 is 12.2 Å². The minimum Gasteiger partial charge on any atom is -0.376 e. The molecular formula is C21H23N3O3S. The minimum atomic E-state index is -0.277. The topological polar surface area (TPSA) is 79.5 Å². The number of rotatable bonds is 5. The van der Waals surface area contributed by atoms with E-state index in [1.54, 1.807) is 36.4 Å². The maximum atomic E-state index is 12.3. The molecule has 146 valence electrons. The van der Waals surface area contributed by atoms with Crippen molar-refractivity contribution in [3.8, 4) is 0 Å². The lowest BCUT2D eigenvalue weighted by molar-refractivity contribution is 0.0857. The molecule has 6 nitrogen and oxygen atoms in total. The Balaban J connectivity index is 1.56. The van der Waals surface area contributed by atoms with Crippen LogP contribution in [0.5, 0.6) is 0 Å². The maximum Gasteiger partial charge on any atom is 0.257 e. The zero-order valence-corrected chi connectivity index (χ0v) is 16.5. The second-order valence-corrected chi connectivity index (χ2v) is 7.06. The molecule has 1 atom stereocenters. The highest BCUT2D eigenvalue weighted by molar-refractivity contribution is 7.80. The van der Waals surface area contributed by atoms with Crippen molar-refractivity contribution in [1.82, 2.24) is 10.6 Å². The summed E-state index contributed by atoms with van der Waals surface area (Å²) in [5, 5.41) is 8.67. The summed E-state index contributed by atoms with van der Waals surface area (Å²) in [7, 11) is 0. The summed E-state index contributed by atoms with van der Waals surface area (Å²) in [6.45, 7) is 3.12. The average Bonchev–Trinajstić information content (AvgIpc) is 3.20. The van der Waals surface area contributed by atoms with Gasteiger partial charge in [-0.3, -0.25) is 14.9 Å². The fourth-order valence-corrected chi connectivity index (χ4v) is 3.22. The zero-order valence-electron chi connectivity index (χ0n) is 15.7. The number of hydrogen-bond acceptors (Lipinski definition) is 4. The van der Waals surface area contributed by atoms with Gasteiger partial charge in [-0.2, -0.15) is 0 Å². The predicted molar refractivity (Wildman–Crippen MR) is 113 cm³/mol. The van der Waals surface area contributed by atoms with E-state index in [0.717, 1.165) is 25.0 Å². The van der Waals surface area contributed by atoms with Gasteiger partial charge in [0.25, 0.3) is 11.8 Å². The van der Waals surface area contributed by atoms with E-state index in [-0.39, 0.29) is 23.0 Å². The van der Waals surface area contributed by atoms with Crippen molar-refractivity contribution in [2.45, 2.75) is 25.9 Å². The number of benzene rings is 2. The fourth-order valence-electron chi connectivity index (χ4n) is 3.01. The van der Waals surface area contributed by atoms with E-state index in [4.69, 9.17) is 17.0 Å². The van der Waals surface area contributed by atoms with Crippen molar-refractivity contribution < 1.29 is 14.3 Å². The first kappa shape index (κ1) is 20.0. The average molecular weight is 398 g/mol. The summed E-state index contributed by atoms with van der Waals surface area (Å²) in [6.07, 6.45) is 2.09. The normalized spacial score (nSPS) is 15.7. The first-order valence-electron chi connectivity index (χ1n) is 9.21. The zero-order chi connectivity index (χ0) is 19.9. The number of ether oxygens (including phenoxy) is 1. The third kappa shape index (κ3) is 5.37. The number of carbonyl (C=O) groups excluding carboxylic acids is 2. The van der Waals surface area contributed by atoms with E-state index >= 15 is 0 Å². The molecule has 0 radical (unpaired) electrons. The highest BCUT2D eigenvalue weighted by Gasteiger charge is 2.17. The minimum absolute atomic E-state index is 0.0921. The summed E-state index contributed by atoms with van der Waals surface area (Å²) >= 11 is 5.23. The van der Waals surface area contributed by atoms with E-state index in [1.807, 2.05) is 19.1 Å². The van der Waals surface area contributed by atoms with Crippen LogP contribution in [0.15, 0.2) is 48.5 Å². The molecular weight excluding hydrogens is 374 g/mol. The molecule has 1 aliphatic heterocycles. The Bertz CT molecular complexity index is 879. The van der Waals surface area contributed by atoms with Gasteiger partial charge in [0.1, 0.15) is 0 Å². The van der Waals surface area contributed by atoms with E-state index in [2.05, 4.69) is 16.0 Å². The molecule has 0 spiro atoms. The lowest BCUT2D eigenvalue weighted by atomic mass is 10.1. The molecule has 2 amide bonds. The maximum absolute atomic E-state index is 12.3. The van der Waals surface area contributed by atoms with Crippen LogP contribution in [0.3, 0.4) is 0 Å². The highest BCUT2D eigenvalue weighted by Crippen LogP contribution is 2.13. The van der Waals surface area contributed by atoms with Gasteiger partial charge in [-0.15, -0.1) is 0 Å². The molecule has 28 heavy (non-hydrogen) atoms. The Morgan fingerprint density at radius 2 is 1.96 bits per heavy atom. The van der Waals surface area contributed by atoms with Gasteiger partial charge in [-0.05, 0) is 61.8 Å². The molecule has 0 aromatic heterocycles. The first-order valence-corrected chi connectivity index (χ1v) is 9.61. The van der Waals surface area contributed by atoms with Crippen LogP contribution in [0.1, 0.15) is 39.1 Å². The van der Waals surface area contributed by atoms with E-state index in [0.29, 0.717) is 23.4 Å². The Hall–Kier alpha value is -2.77. The van der Waals surface area contributed by atoms with Crippen LogP contribution in [0.2, 0.25) is 0 Å². The number of aryl methyl sites for hydroxylation is 1. The van der Waals surface area contributed by atoms with Crippen LogP contribution in [0.25, 0.3) is 0 Å². The standard InChI is InChI=1S/C21H23N3O3S/c1-14-6-2-3-10-18(14)20(26)24-21(28)23-16-8-4-7-15(12-16)19(25)22-13-17-9-5-11-27-17/h2-4,6-8,10,12,17H,5,9,11,13H2,1H3,(H,22,25)(H2,23,24,26,28). The van der Waals surface area contributed by atoms with Crippen LogP contribution in [-0.2, 0) is 4.74 Å². The Morgan fingerprint density at radius 1 is 1.14 bits per heavy atom. The number of nitrogens with one attached hydrogen (secondary N) is 3. The van der Waals surface area contributed by atoms with Gasteiger partial charge in [-0.1, -0.05) is 24.3 Å². The van der Waals surface area contributed by atoms with Gasteiger partial charge in [0.15, 0.2) is 5.11 Å². The van der Waals surface area contributed by atoms with Crippen molar-refractivity contribution in [1.29, 1.82) is 0 Å². The predicted octanol–water partition coefficient (Wildman–Crippen LogP) is 3.03. The number of amides is 2. The molecule has 0 aliphatic carbocycles. The Labute approximate surface area is 169 Å². The molecule has 1 aliphatic rings. The molecule has 1 saturated heterocycles. The number of carbonyl (C=O) groups is 2. The smallest absolute Gasteiger partial charge is 0.257 e. The second kappa shape index (κ2) is 9.43. The SMILES string of the molecule is Cc1ccccc1C(=O)NC(=S)Nc1cccc(C(=O)NCC2CCCO2)c1. The van der Waals surface area contributed by atoms with Gasteiger partial charge in [0, 0.05) is 30.0 Å². The summed E-state index contributed by atoms with van der Waals surface area (Å²) in [5.74, 6) is -0.449. The summed E-state index contributed by atoms with van der Waals surface area (Å²) in [5.41, 5.74) is 2.57. The van der Waals surface area contributed by atoms with Crippen molar-refractivity contribution in [2.75, 3.05) is 18.5 Å². The molecule has 2 aromatic carbocycles. The van der Waals surface area contributed by atoms with Crippen molar-refractivity contribution in [3.05, 3.63) is 65.2 Å². The second-order valence-electron chi connectivity index (χ2n) is 6.65. The van der Waals surface area contributed by atoms with Crippen LogP contribution < -0.4 is 16.0 Å².